The molecule has 1 N–H and O–H groups in total. The number of hydrogen-bond donors (Lipinski definition) is 1. The lowest BCUT2D eigenvalue weighted by Gasteiger charge is -2.37. The second-order valence-electron chi connectivity index (χ2n) is 5.24. The highest BCUT2D eigenvalue weighted by atomic mass is 32.2. The van der Waals surface area contributed by atoms with Crippen LogP contribution in [0.2, 0.25) is 0 Å². The zero-order valence-electron chi connectivity index (χ0n) is 12.8. The molecule has 2 rings (SSSR count). The Kier molecular flexibility index (Phi) is 4.92. The van der Waals surface area contributed by atoms with Gasteiger partial charge in [-0.1, -0.05) is 0 Å². The molecule has 0 radical (unpaired) electrons. The van der Waals surface area contributed by atoms with Crippen molar-refractivity contribution in [2.45, 2.75) is 23.3 Å². The van der Waals surface area contributed by atoms with E-state index < -0.39 is 27.4 Å². The van der Waals surface area contributed by atoms with E-state index in [-0.39, 0.29) is 30.2 Å². The Labute approximate surface area is 133 Å². The van der Waals surface area contributed by atoms with Gasteiger partial charge in [0.2, 0.25) is 10.0 Å². The van der Waals surface area contributed by atoms with Gasteiger partial charge in [-0.05, 0) is 31.0 Å². The third kappa shape index (κ3) is 3.17. The van der Waals surface area contributed by atoms with Gasteiger partial charge in [0, 0.05) is 13.7 Å². The predicted octanol–water partition coefficient (Wildman–Crippen LogP) is 1.09. The maximum atomic E-state index is 13.8. The van der Waals surface area contributed by atoms with Gasteiger partial charge in [0.25, 0.3) is 0 Å². The molecule has 1 fully saturated rings. The molecule has 1 aliphatic heterocycles. The molecule has 1 aromatic rings. The summed E-state index contributed by atoms with van der Waals surface area (Å²) in [5, 5.41) is 9.33. The first-order valence-corrected chi connectivity index (χ1v) is 8.33. The van der Waals surface area contributed by atoms with Gasteiger partial charge in [-0.15, -0.1) is 0 Å². The Bertz CT molecular complexity index is 707. The SMILES string of the molecule is COc1ccc(S(=O)(=O)N2CCCC(OC)(C(=O)O)C2)cc1F. The number of carboxylic acid groups (broad SMARTS) is 1. The second-order valence-corrected chi connectivity index (χ2v) is 7.18. The van der Waals surface area contributed by atoms with Gasteiger partial charge in [0.05, 0.1) is 18.6 Å². The monoisotopic (exact) mass is 347 g/mol. The van der Waals surface area contributed by atoms with Crippen molar-refractivity contribution in [1.82, 2.24) is 4.31 Å². The molecule has 1 atom stereocenters. The van der Waals surface area contributed by atoms with Crippen molar-refractivity contribution in [2.75, 3.05) is 27.3 Å². The van der Waals surface area contributed by atoms with Crippen LogP contribution in [0.25, 0.3) is 0 Å². The van der Waals surface area contributed by atoms with E-state index in [4.69, 9.17) is 9.47 Å². The fraction of sp³-hybridized carbons (Fsp3) is 0.500. The minimum atomic E-state index is -4.03. The Balaban J connectivity index is 2.36. The summed E-state index contributed by atoms with van der Waals surface area (Å²) in [7, 11) is -1.52. The van der Waals surface area contributed by atoms with Crippen molar-refractivity contribution in [1.29, 1.82) is 0 Å². The van der Waals surface area contributed by atoms with E-state index in [1.165, 1.54) is 26.4 Å². The normalized spacial score (nSPS) is 22.7. The highest BCUT2D eigenvalue weighted by Crippen LogP contribution is 2.30. The van der Waals surface area contributed by atoms with Gasteiger partial charge >= 0.3 is 5.97 Å². The highest BCUT2D eigenvalue weighted by molar-refractivity contribution is 7.89. The first kappa shape index (κ1) is 17.6. The van der Waals surface area contributed by atoms with Gasteiger partial charge in [-0.2, -0.15) is 4.31 Å². The fourth-order valence-corrected chi connectivity index (χ4v) is 4.11. The van der Waals surface area contributed by atoms with Crippen LogP contribution in [-0.4, -0.2) is 56.7 Å². The summed E-state index contributed by atoms with van der Waals surface area (Å²) in [5.41, 5.74) is -1.59. The minimum Gasteiger partial charge on any atom is -0.494 e. The molecule has 1 aliphatic rings. The molecule has 1 unspecified atom stereocenters. The maximum Gasteiger partial charge on any atom is 0.337 e. The van der Waals surface area contributed by atoms with Crippen molar-refractivity contribution < 1.29 is 32.2 Å². The maximum absolute atomic E-state index is 13.8. The predicted molar refractivity (Wildman–Crippen MR) is 78.3 cm³/mol. The van der Waals surface area contributed by atoms with Crippen LogP contribution in [0.15, 0.2) is 23.1 Å². The van der Waals surface area contributed by atoms with E-state index in [9.17, 15) is 22.7 Å². The zero-order valence-corrected chi connectivity index (χ0v) is 13.6. The Morgan fingerprint density at radius 3 is 2.61 bits per heavy atom. The van der Waals surface area contributed by atoms with Crippen molar-refractivity contribution in [3.05, 3.63) is 24.0 Å². The largest absolute Gasteiger partial charge is 0.494 e. The van der Waals surface area contributed by atoms with E-state index in [1.54, 1.807) is 0 Å². The van der Waals surface area contributed by atoms with Crippen LogP contribution in [0.4, 0.5) is 4.39 Å². The van der Waals surface area contributed by atoms with Gasteiger partial charge in [0.15, 0.2) is 17.2 Å². The zero-order chi connectivity index (χ0) is 17.3. The summed E-state index contributed by atoms with van der Waals surface area (Å²) >= 11 is 0. The molecule has 0 bridgehead atoms. The lowest BCUT2D eigenvalue weighted by Crippen LogP contribution is -2.55. The molecule has 0 spiro atoms. The topological polar surface area (TPSA) is 93.1 Å². The number of benzene rings is 1. The number of halogens is 1. The van der Waals surface area contributed by atoms with Crippen LogP contribution in [-0.2, 0) is 19.6 Å². The summed E-state index contributed by atoms with van der Waals surface area (Å²) in [6, 6.07) is 3.30. The van der Waals surface area contributed by atoms with Crippen LogP contribution in [0.5, 0.6) is 5.75 Å². The summed E-state index contributed by atoms with van der Waals surface area (Å²) in [6.07, 6.45) is 0.542. The van der Waals surface area contributed by atoms with E-state index >= 15 is 0 Å². The van der Waals surface area contributed by atoms with E-state index in [0.717, 1.165) is 10.4 Å². The standard InChI is InChI=1S/C14H18FNO6S/c1-21-12-5-4-10(8-11(12)15)23(19,20)16-7-3-6-14(9-16,22-2)13(17)18/h4-5,8H,3,6-7,9H2,1-2H3,(H,17,18). The molecular weight excluding hydrogens is 329 g/mol. The number of piperidine rings is 1. The average molecular weight is 347 g/mol. The molecule has 23 heavy (non-hydrogen) atoms. The molecule has 1 heterocycles. The molecule has 1 aromatic carbocycles. The number of nitrogens with zero attached hydrogens (tertiary/aromatic N) is 1. The van der Waals surface area contributed by atoms with Gasteiger partial charge < -0.3 is 14.6 Å². The Hall–Kier alpha value is -1.71. The number of aliphatic carboxylic acids is 1. The van der Waals surface area contributed by atoms with Crippen molar-refractivity contribution >= 4 is 16.0 Å². The number of hydrogen-bond acceptors (Lipinski definition) is 5. The average Bonchev–Trinajstić information content (AvgIpc) is 2.54. The molecule has 0 aliphatic carbocycles. The van der Waals surface area contributed by atoms with Crippen LogP contribution >= 0.6 is 0 Å². The van der Waals surface area contributed by atoms with Crippen LogP contribution in [0.1, 0.15) is 12.8 Å². The van der Waals surface area contributed by atoms with E-state index in [2.05, 4.69) is 0 Å². The molecule has 1 saturated heterocycles. The number of carboxylic acids is 1. The number of ether oxygens (including phenoxy) is 2. The quantitative estimate of drug-likeness (QED) is 0.857. The number of carbonyl (C=O) groups is 1. The first-order valence-electron chi connectivity index (χ1n) is 6.89. The number of rotatable bonds is 5. The summed E-state index contributed by atoms with van der Waals surface area (Å²) in [5.74, 6) is -2.10. The first-order chi connectivity index (χ1) is 10.8. The molecule has 0 saturated carbocycles. The molecule has 0 aromatic heterocycles. The highest BCUT2D eigenvalue weighted by Gasteiger charge is 2.46. The number of sulfonamides is 1. The smallest absolute Gasteiger partial charge is 0.337 e. The second kappa shape index (κ2) is 6.42. The minimum absolute atomic E-state index is 0.0700. The molecule has 128 valence electrons. The lowest BCUT2D eigenvalue weighted by atomic mass is 9.94. The van der Waals surface area contributed by atoms with Crippen molar-refractivity contribution in [3.63, 3.8) is 0 Å². The molecular formula is C14H18FNO6S. The van der Waals surface area contributed by atoms with Crippen LogP contribution in [0.3, 0.4) is 0 Å². The summed E-state index contributed by atoms with van der Waals surface area (Å²) in [6.45, 7) is -0.177. The summed E-state index contributed by atoms with van der Waals surface area (Å²) in [4.78, 5) is 11.2. The summed E-state index contributed by atoms with van der Waals surface area (Å²) < 4.78 is 49.9. The number of methoxy groups -OCH3 is 2. The fourth-order valence-electron chi connectivity index (χ4n) is 2.57. The van der Waals surface area contributed by atoms with E-state index in [0.29, 0.717) is 6.42 Å². The van der Waals surface area contributed by atoms with Crippen molar-refractivity contribution in [3.8, 4) is 5.75 Å². The molecule has 7 nitrogen and oxygen atoms in total. The van der Waals surface area contributed by atoms with Crippen molar-refractivity contribution in [2.24, 2.45) is 0 Å². The molecule has 9 heteroatoms. The Morgan fingerprint density at radius 2 is 2.09 bits per heavy atom. The van der Waals surface area contributed by atoms with Crippen LogP contribution < -0.4 is 4.74 Å². The lowest BCUT2D eigenvalue weighted by molar-refractivity contribution is -0.166. The van der Waals surface area contributed by atoms with E-state index in [1.807, 2.05) is 0 Å². The van der Waals surface area contributed by atoms with Gasteiger partial charge in [0.1, 0.15) is 0 Å². The third-order valence-corrected chi connectivity index (χ3v) is 5.80. The van der Waals surface area contributed by atoms with Gasteiger partial charge in [-0.25, -0.2) is 17.6 Å². The van der Waals surface area contributed by atoms with Gasteiger partial charge in [-0.3, -0.25) is 0 Å². The Morgan fingerprint density at radius 1 is 1.39 bits per heavy atom. The molecule has 0 amide bonds. The third-order valence-electron chi connectivity index (χ3n) is 3.96. The van der Waals surface area contributed by atoms with Crippen LogP contribution in [0, 0.1) is 5.82 Å².